The van der Waals surface area contributed by atoms with Gasteiger partial charge in [-0.25, -0.2) is 0 Å². The van der Waals surface area contributed by atoms with Crippen LogP contribution in [0.15, 0.2) is 60.2 Å². The Hall–Kier alpha value is -2.30. The van der Waals surface area contributed by atoms with Crippen molar-refractivity contribution in [2.45, 2.75) is 83.7 Å². The number of ether oxygens (including phenoxy) is 2. The second-order valence-corrected chi connectivity index (χ2v) is 12.8. The van der Waals surface area contributed by atoms with Gasteiger partial charge in [-0.15, -0.1) is 0 Å². The molecule has 4 heteroatoms. The third kappa shape index (κ3) is 3.20. The lowest BCUT2D eigenvalue weighted by Crippen LogP contribution is -2.60. The van der Waals surface area contributed by atoms with E-state index in [0.717, 1.165) is 43.2 Å². The van der Waals surface area contributed by atoms with Crippen LogP contribution in [-0.2, 0) is 19.1 Å². The van der Waals surface area contributed by atoms with Gasteiger partial charge in [0, 0.05) is 11.8 Å². The molecule has 1 saturated heterocycles. The zero-order valence-electron chi connectivity index (χ0n) is 22.0. The number of fused-ring (bicyclic) bond motifs is 7. The molecule has 6 rings (SSSR count). The predicted molar refractivity (Wildman–Crippen MR) is 140 cm³/mol. The van der Waals surface area contributed by atoms with Gasteiger partial charge >= 0.3 is 0 Å². The first-order chi connectivity index (χ1) is 17.0. The SMILES string of the molecule is C=C1C[C@@H]2[C@H](CC[C@@]3(C)[C@H]2C[C@H]2OC(C)(C)O[C@]23C(=O)/C=C\c2ccccc2)[C@@]2(C)CCC(=O)C=C12. The van der Waals surface area contributed by atoms with Gasteiger partial charge in [-0.05, 0) is 92.4 Å². The molecule has 0 unspecified atom stereocenters. The van der Waals surface area contributed by atoms with Crippen LogP contribution in [0.25, 0.3) is 6.08 Å². The Kier molecular flexibility index (Phi) is 5.25. The lowest BCUT2D eigenvalue weighted by molar-refractivity contribution is -0.212. The Balaban J connectivity index is 1.39. The van der Waals surface area contributed by atoms with Gasteiger partial charge in [-0.3, -0.25) is 9.59 Å². The van der Waals surface area contributed by atoms with E-state index in [9.17, 15) is 9.59 Å². The Morgan fingerprint density at radius 3 is 2.58 bits per heavy atom. The minimum absolute atomic E-state index is 0.0156. The van der Waals surface area contributed by atoms with E-state index in [0.29, 0.717) is 24.2 Å². The topological polar surface area (TPSA) is 52.6 Å². The van der Waals surface area contributed by atoms with E-state index >= 15 is 0 Å². The summed E-state index contributed by atoms with van der Waals surface area (Å²) in [6, 6.07) is 9.96. The van der Waals surface area contributed by atoms with Crippen LogP contribution in [0, 0.1) is 28.6 Å². The number of ketones is 2. The first kappa shape index (κ1) is 24.1. The molecular weight excluding hydrogens is 448 g/mol. The molecule has 1 aromatic rings. The molecule has 1 aromatic carbocycles. The Bertz CT molecular complexity index is 1190. The summed E-state index contributed by atoms with van der Waals surface area (Å²) in [4.78, 5) is 26.4. The van der Waals surface area contributed by atoms with Crippen LogP contribution in [0.4, 0.5) is 0 Å². The second-order valence-electron chi connectivity index (χ2n) is 12.8. The van der Waals surface area contributed by atoms with Gasteiger partial charge < -0.3 is 9.47 Å². The summed E-state index contributed by atoms with van der Waals surface area (Å²) in [5.74, 6) is 0.661. The van der Waals surface area contributed by atoms with E-state index in [2.05, 4.69) is 20.4 Å². The van der Waals surface area contributed by atoms with Crippen LogP contribution in [-0.4, -0.2) is 29.1 Å². The maximum atomic E-state index is 14.2. The monoisotopic (exact) mass is 486 g/mol. The minimum atomic E-state index is -0.988. The van der Waals surface area contributed by atoms with Crippen LogP contribution in [0.2, 0.25) is 0 Å². The average Bonchev–Trinajstić information content (AvgIpc) is 3.25. The summed E-state index contributed by atoms with van der Waals surface area (Å²) < 4.78 is 13.2. The van der Waals surface area contributed by atoms with Crippen molar-refractivity contribution < 1.29 is 19.1 Å². The predicted octanol–water partition coefficient (Wildman–Crippen LogP) is 6.47. The lowest BCUT2D eigenvalue weighted by Gasteiger charge is -2.59. The summed E-state index contributed by atoms with van der Waals surface area (Å²) in [5.41, 5.74) is 1.97. The highest BCUT2D eigenvalue weighted by Crippen LogP contribution is 2.71. The van der Waals surface area contributed by atoms with Gasteiger partial charge in [-0.1, -0.05) is 62.4 Å². The molecule has 7 atom stereocenters. The maximum Gasteiger partial charge on any atom is 0.190 e. The van der Waals surface area contributed by atoms with E-state index in [1.165, 1.54) is 5.57 Å². The Labute approximate surface area is 214 Å². The molecule has 1 heterocycles. The smallest absolute Gasteiger partial charge is 0.190 e. The highest BCUT2D eigenvalue weighted by atomic mass is 16.8. The van der Waals surface area contributed by atoms with Gasteiger partial charge in [0.1, 0.15) is 0 Å². The van der Waals surface area contributed by atoms with Crippen molar-refractivity contribution in [2.24, 2.45) is 28.6 Å². The molecule has 0 spiro atoms. The Morgan fingerprint density at radius 1 is 1.08 bits per heavy atom. The standard InChI is InChI=1S/C32H38O4/c1-20-17-23-24(30(4)15-13-22(33)18-25(20)30)14-16-31(5)26(23)19-28-32(31,36-29(2,3)35-28)27(34)12-11-21-9-7-6-8-10-21/h6-12,18,23-24,26,28H,1,13-17,19H2,2-5H3/b12-11-/t23-,24+,26+,28-,30-,31+,32-/m1/s1. The van der Waals surface area contributed by atoms with Crippen LogP contribution in [0.1, 0.15) is 71.8 Å². The van der Waals surface area contributed by atoms with Crippen molar-refractivity contribution in [2.75, 3.05) is 0 Å². The molecule has 4 aliphatic carbocycles. The number of allylic oxidation sites excluding steroid dienone is 2. The van der Waals surface area contributed by atoms with Gasteiger partial charge in [-0.2, -0.15) is 0 Å². The van der Waals surface area contributed by atoms with Crippen molar-refractivity contribution >= 4 is 17.6 Å². The average molecular weight is 487 g/mol. The number of benzene rings is 1. The van der Waals surface area contributed by atoms with Crippen LogP contribution < -0.4 is 0 Å². The molecule has 5 aliphatic rings. The molecule has 36 heavy (non-hydrogen) atoms. The van der Waals surface area contributed by atoms with Crippen molar-refractivity contribution in [3.8, 4) is 0 Å². The van der Waals surface area contributed by atoms with E-state index in [1.54, 1.807) is 6.08 Å². The summed E-state index contributed by atoms with van der Waals surface area (Å²) in [6.07, 6.45) is 10.4. The van der Waals surface area contributed by atoms with Crippen LogP contribution >= 0.6 is 0 Å². The second kappa shape index (κ2) is 7.85. The third-order valence-corrected chi connectivity index (χ3v) is 10.5. The van der Waals surface area contributed by atoms with Gasteiger partial charge in [0.05, 0.1) is 6.10 Å². The normalized spacial score (nSPS) is 42.9. The first-order valence-corrected chi connectivity index (χ1v) is 13.6. The fourth-order valence-electron chi connectivity index (χ4n) is 8.96. The molecule has 0 bridgehead atoms. The van der Waals surface area contributed by atoms with Crippen LogP contribution in [0.5, 0.6) is 0 Å². The largest absolute Gasteiger partial charge is 0.344 e. The summed E-state index contributed by atoms with van der Waals surface area (Å²) in [5, 5.41) is 0. The first-order valence-electron chi connectivity index (χ1n) is 13.6. The molecule has 3 saturated carbocycles. The molecule has 0 aromatic heterocycles. The molecule has 0 radical (unpaired) electrons. The van der Waals surface area contributed by atoms with Crippen molar-refractivity contribution in [3.05, 3.63) is 65.8 Å². The minimum Gasteiger partial charge on any atom is -0.344 e. The molecular formula is C32H38O4. The number of hydrogen-bond acceptors (Lipinski definition) is 4. The number of carbonyl (C=O) groups is 2. The van der Waals surface area contributed by atoms with Gasteiger partial charge in [0.2, 0.25) is 0 Å². The number of carbonyl (C=O) groups excluding carboxylic acids is 2. The van der Waals surface area contributed by atoms with Crippen molar-refractivity contribution in [1.29, 1.82) is 0 Å². The van der Waals surface area contributed by atoms with E-state index in [1.807, 2.05) is 56.3 Å². The van der Waals surface area contributed by atoms with Crippen molar-refractivity contribution in [1.82, 2.24) is 0 Å². The summed E-state index contributed by atoms with van der Waals surface area (Å²) in [7, 11) is 0. The molecule has 0 N–H and O–H groups in total. The zero-order chi connectivity index (χ0) is 25.5. The molecule has 4 nitrogen and oxygen atoms in total. The van der Waals surface area contributed by atoms with Crippen molar-refractivity contribution in [3.63, 3.8) is 0 Å². The molecule has 4 fully saturated rings. The number of hydrogen-bond donors (Lipinski definition) is 0. The summed E-state index contributed by atoms with van der Waals surface area (Å²) in [6.45, 7) is 13.0. The molecule has 1 aliphatic heterocycles. The summed E-state index contributed by atoms with van der Waals surface area (Å²) >= 11 is 0. The molecule has 0 amide bonds. The van der Waals surface area contributed by atoms with Gasteiger partial charge in [0.25, 0.3) is 0 Å². The third-order valence-electron chi connectivity index (χ3n) is 10.5. The fourth-order valence-corrected chi connectivity index (χ4v) is 8.96. The highest BCUT2D eigenvalue weighted by Gasteiger charge is 2.75. The molecule has 190 valence electrons. The highest BCUT2D eigenvalue weighted by molar-refractivity contribution is 6.02. The van der Waals surface area contributed by atoms with E-state index < -0.39 is 11.4 Å². The van der Waals surface area contributed by atoms with E-state index in [4.69, 9.17) is 9.47 Å². The maximum absolute atomic E-state index is 14.2. The fraction of sp³-hybridized carbons (Fsp3) is 0.562. The zero-order valence-corrected chi connectivity index (χ0v) is 22.0. The van der Waals surface area contributed by atoms with Gasteiger partial charge in [0.15, 0.2) is 23.0 Å². The quantitative estimate of drug-likeness (QED) is 0.460. The number of rotatable bonds is 3. The lowest BCUT2D eigenvalue weighted by atomic mass is 9.45. The van der Waals surface area contributed by atoms with Crippen LogP contribution in [0.3, 0.4) is 0 Å². The Morgan fingerprint density at radius 2 is 1.83 bits per heavy atom. The van der Waals surface area contributed by atoms with E-state index in [-0.39, 0.29) is 28.5 Å².